The van der Waals surface area contributed by atoms with Crippen LogP contribution in [0.1, 0.15) is 64.3 Å². The largest absolute Gasteiger partial charge is 0.387 e. The van der Waals surface area contributed by atoms with Gasteiger partial charge in [-0.1, -0.05) is 68.7 Å². The van der Waals surface area contributed by atoms with Gasteiger partial charge in [-0.3, -0.25) is 4.98 Å². The summed E-state index contributed by atoms with van der Waals surface area (Å²) in [4.78, 5) is 4.34. The van der Waals surface area contributed by atoms with E-state index in [1.54, 1.807) is 0 Å². The number of allylic oxidation sites excluding steroid dienone is 3. The lowest BCUT2D eigenvalue weighted by Gasteiger charge is -2.07. The lowest BCUT2D eigenvalue weighted by atomic mass is 10.0. The maximum atomic E-state index is 4.34. The standard InChI is InChI=1S/C15H15N.C7H11N.C4H10/c1-12-7-3-4-8-14(12)11-13(2)15-9-5-6-10-16-15;1-6-3-7(2)5-8-4-6;1-3-4-2/h3-11H,1-2H3;3-4,8H,5H2,1-2H3;3-4H2,1-2H3/b13-11+;;. The molecule has 0 fully saturated rings. The van der Waals surface area contributed by atoms with E-state index in [0.29, 0.717) is 0 Å². The van der Waals surface area contributed by atoms with Gasteiger partial charge in [0.05, 0.1) is 5.69 Å². The quantitative estimate of drug-likeness (QED) is 0.613. The van der Waals surface area contributed by atoms with Gasteiger partial charge in [0, 0.05) is 12.7 Å². The summed E-state index contributed by atoms with van der Waals surface area (Å²) in [5, 5.41) is 3.15. The highest BCUT2D eigenvalue weighted by Crippen LogP contribution is 2.17. The van der Waals surface area contributed by atoms with Gasteiger partial charge in [0.15, 0.2) is 0 Å². The summed E-state index contributed by atoms with van der Waals surface area (Å²) in [5.74, 6) is 0. The molecule has 1 aliphatic heterocycles. The van der Waals surface area contributed by atoms with Crippen LogP contribution in [-0.4, -0.2) is 11.5 Å². The van der Waals surface area contributed by atoms with Crippen molar-refractivity contribution in [2.24, 2.45) is 0 Å². The molecule has 2 heteroatoms. The number of benzene rings is 1. The van der Waals surface area contributed by atoms with Gasteiger partial charge in [-0.2, -0.15) is 0 Å². The summed E-state index contributed by atoms with van der Waals surface area (Å²) in [7, 11) is 0. The zero-order valence-electron chi connectivity index (χ0n) is 18.4. The first-order valence-electron chi connectivity index (χ1n) is 10.2. The molecule has 0 saturated heterocycles. The molecular weight excluding hydrogens is 340 g/mol. The van der Waals surface area contributed by atoms with Gasteiger partial charge in [-0.25, -0.2) is 0 Å². The molecule has 1 aromatic heterocycles. The van der Waals surface area contributed by atoms with Crippen LogP contribution >= 0.6 is 0 Å². The number of pyridine rings is 1. The van der Waals surface area contributed by atoms with Gasteiger partial charge in [0.1, 0.15) is 0 Å². The minimum atomic E-state index is 1.01. The Morgan fingerprint density at radius 3 is 2.18 bits per heavy atom. The van der Waals surface area contributed by atoms with Crippen LogP contribution < -0.4 is 5.32 Å². The van der Waals surface area contributed by atoms with Crippen molar-refractivity contribution in [2.45, 2.75) is 54.4 Å². The minimum Gasteiger partial charge on any atom is -0.387 e. The maximum absolute atomic E-state index is 4.34. The van der Waals surface area contributed by atoms with Gasteiger partial charge < -0.3 is 5.32 Å². The first-order chi connectivity index (χ1) is 13.5. The van der Waals surface area contributed by atoms with Gasteiger partial charge in [0.2, 0.25) is 0 Å². The lowest BCUT2D eigenvalue weighted by Crippen LogP contribution is -2.12. The number of nitrogens with one attached hydrogen (secondary N) is 1. The predicted molar refractivity (Wildman–Crippen MR) is 125 cm³/mol. The van der Waals surface area contributed by atoms with Crippen LogP contribution in [0, 0.1) is 6.92 Å². The summed E-state index contributed by atoms with van der Waals surface area (Å²) in [5.41, 5.74) is 7.49. The molecule has 1 aromatic carbocycles. The number of aryl methyl sites for hydroxylation is 1. The van der Waals surface area contributed by atoms with Gasteiger partial charge in [0.25, 0.3) is 0 Å². The summed E-state index contributed by atoms with van der Waals surface area (Å²) >= 11 is 0. The normalized spacial score (nSPS) is 13.0. The van der Waals surface area contributed by atoms with Crippen LogP contribution in [0.15, 0.2) is 72.1 Å². The second-order valence-corrected chi connectivity index (χ2v) is 7.16. The molecule has 0 spiro atoms. The smallest absolute Gasteiger partial charge is 0.0658 e. The van der Waals surface area contributed by atoms with Crippen LogP contribution in [0.4, 0.5) is 0 Å². The van der Waals surface area contributed by atoms with Crippen molar-refractivity contribution in [3.8, 4) is 0 Å². The molecule has 0 aliphatic carbocycles. The third-order valence-corrected chi connectivity index (χ3v) is 4.31. The van der Waals surface area contributed by atoms with E-state index < -0.39 is 0 Å². The molecule has 0 unspecified atom stereocenters. The molecule has 0 bridgehead atoms. The highest BCUT2D eigenvalue weighted by atomic mass is 14.8. The van der Waals surface area contributed by atoms with Crippen LogP contribution in [0.2, 0.25) is 0 Å². The molecular formula is C26H36N2. The fourth-order valence-electron chi connectivity index (χ4n) is 2.51. The van der Waals surface area contributed by atoms with E-state index in [4.69, 9.17) is 0 Å². The zero-order chi connectivity index (χ0) is 20.8. The Morgan fingerprint density at radius 2 is 1.68 bits per heavy atom. The van der Waals surface area contributed by atoms with Crippen molar-refractivity contribution >= 4 is 11.6 Å². The van der Waals surface area contributed by atoms with Gasteiger partial charge in [-0.15, -0.1) is 0 Å². The molecule has 1 N–H and O–H groups in total. The molecule has 0 radical (unpaired) electrons. The fourth-order valence-corrected chi connectivity index (χ4v) is 2.51. The van der Waals surface area contributed by atoms with Crippen molar-refractivity contribution in [3.05, 3.63) is 88.9 Å². The summed E-state index contributed by atoms with van der Waals surface area (Å²) < 4.78 is 0. The van der Waals surface area contributed by atoms with E-state index in [0.717, 1.165) is 12.2 Å². The Bertz CT molecular complexity index is 781. The molecule has 3 rings (SSSR count). The van der Waals surface area contributed by atoms with E-state index >= 15 is 0 Å². The van der Waals surface area contributed by atoms with E-state index in [-0.39, 0.29) is 0 Å². The van der Waals surface area contributed by atoms with E-state index in [2.05, 4.69) is 88.3 Å². The van der Waals surface area contributed by atoms with Crippen molar-refractivity contribution < 1.29 is 0 Å². The number of rotatable bonds is 3. The first kappa shape index (κ1) is 23.4. The molecule has 150 valence electrons. The Hall–Kier alpha value is -2.61. The second kappa shape index (κ2) is 13.5. The number of aromatic nitrogens is 1. The predicted octanol–water partition coefficient (Wildman–Crippen LogP) is 7.20. The van der Waals surface area contributed by atoms with Gasteiger partial charge >= 0.3 is 0 Å². The Balaban J connectivity index is 0.000000272. The lowest BCUT2D eigenvalue weighted by molar-refractivity contribution is 0.886. The van der Waals surface area contributed by atoms with Crippen LogP contribution in [0.5, 0.6) is 0 Å². The molecule has 0 saturated carbocycles. The topological polar surface area (TPSA) is 24.9 Å². The zero-order valence-corrected chi connectivity index (χ0v) is 18.4. The molecule has 2 heterocycles. The average molecular weight is 377 g/mol. The van der Waals surface area contributed by atoms with Crippen LogP contribution in [0.3, 0.4) is 0 Å². The number of hydrogen-bond donors (Lipinski definition) is 1. The molecule has 28 heavy (non-hydrogen) atoms. The molecule has 2 nitrogen and oxygen atoms in total. The molecule has 0 amide bonds. The molecule has 2 aromatic rings. The number of nitrogens with zero attached hydrogens (tertiary/aromatic N) is 1. The monoisotopic (exact) mass is 376 g/mol. The van der Waals surface area contributed by atoms with E-state index in [1.807, 2.05) is 30.6 Å². The number of hydrogen-bond acceptors (Lipinski definition) is 2. The van der Waals surface area contributed by atoms with Crippen molar-refractivity contribution in [1.29, 1.82) is 0 Å². The fraction of sp³-hybridized carbons (Fsp3) is 0.346. The Labute approximate surface area is 172 Å². The van der Waals surface area contributed by atoms with Crippen molar-refractivity contribution in [3.63, 3.8) is 0 Å². The third-order valence-electron chi connectivity index (χ3n) is 4.31. The van der Waals surface area contributed by atoms with Crippen LogP contribution in [-0.2, 0) is 0 Å². The Kier molecular flexibility index (Phi) is 11.3. The first-order valence-corrected chi connectivity index (χ1v) is 10.2. The summed E-state index contributed by atoms with van der Waals surface area (Å²) in [6, 6.07) is 14.3. The Morgan fingerprint density at radius 1 is 1.00 bits per heavy atom. The number of unbranched alkanes of at least 4 members (excludes halogenated alkanes) is 1. The average Bonchev–Trinajstić information content (AvgIpc) is 2.71. The second-order valence-electron chi connectivity index (χ2n) is 7.16. The van der Waals surface area contributed by atoms with E-state index in [9.17, 15) is 0 Å². The minimum absolute atomic E-state index is 1.01. The summed E-state index contributed by atoms with van der Waals surface area (Å²) in [6.07, 6.45) is 10.9. The molecule has 0 atom stereocenters. The third kappa shape index (κ3) is 9.36. The van der Waals surface area contributed by atoms with Gasteiger partial charge in [-0.05, 0) is 74.4 Å². The maximum Gasteiger partial charge on any atom is 0.0658 e. The highest BCUT2D eigenvalue weighted by Gasteiger charge is 1.98. The number of dihydropyridines is 1. The SMILES string of the molecule is C/C(=C\c1ccccc1C)c1ccccn1.CC1=CNCC(C)=C1.CCCC. The van der Waals surface area contributed by atoms with Crippen molar-refractivity contribution in [2.75, 3.05) is 6.54 Å². The highest BCUT2D eigenvalue weighted by molar-refractivity contribution is 5.79. The van der Waals surface area contributed by atoms with E-state index in [1.165, 1.54) is 40.7 Å². The molecule has 1 aliphatic rings. The van der Waals surface area contributed by atoms with Crippen molar-refractivity contribution in [1.82, 2.24) is 10.3 Å². The van der Waals surface area contributed by atoms with Crippen LogP contribution in [0.25, 0.3) is 11.6 Å². The summed E-state index contributed by atoms with van der Waals surface area (Å²) in [6.45, 7) is 13.8.